The van der Waals surface area contributed by atoms with E-state index in [1.807, 2.05) is 0 Å². The average Bonchev–Trinajstić information content (AvgIpc) is 1.51. The minimum atomic E-state index is -0.450. The summed E-state index contributed by atoms with van der Waals surface area (Å²) in [5.74, 6) is 1.92. The Morgan fingerprint density at radius 1 is 1.38 bits per heavy atom. The van der Waals surface area contributed by atoms with Gasteiger partial charge in [-0.2, -0.15) is 0 Å². The summed E-state index contributed by atoms with van der Waals surface area (Å²) >= 11 is 0. The van der Waals surface area contributed by atoms with Gasteiger partial charge in [0.1, 0.15) is 0 Å². The van der Waals surface area contributed by atoms with Crippen LogP contribution in [-0.2, 0) is 10.8 Å². The Bertz CT molecular complexity index is 131. The molecule has 0 saturated carbocycles. The van der Waals surface area contributed by atoms with Crippen molar-refractivity contribution in [1.29, 1.82) is 0 Å². The van der Waals surface area contributed by atoms with Crippen molar-refractivity contribution >= 4 is 10.8 Å². The first-order chi connectivity index (χ1) is 3.81. The third-order valence-electron chi connectivity index (χ3n) is 1.93. The molecule has 0 unspecified atom stereocenters. The first kappa shape index (κ1) is 4.94. The van der Waals surface area contributed by atoms with E-state index < -0.39 is 10.8 Å². The van der Waals surface area contributed by atoms with Gasteiger partial charge in [-0.15, -0.1) is 0 Å². The summed E-state index contributed by atoms with van der Waals surface area (Å²) < 4.78 is 10.6. The fourth-order valence-electron chi connectivity index (χ4n) is 1.32. The number of hydrogen-bond acceptors (Lipinski definition) is 2. The van der Waals surface area contributed by atoms with Gasteiger partial charge in [0, 0.05) is 40.8 Å². The van der Waals surface area contributed by atoms with Gasteiger partial charge in [0.05, 0.1) is 0 Å². The maximum Gasteiger partial charge on any atom is 0.0324 e. The normalized spacial score (nSPS) is 34.0. The molecule has 0 bridgehead atoms. The first-order valence-electron chi connectivity index (χ1n) is 2.87. The van der Waals surface area contributed by atoms with Crippen LogP contribution in [0.5, 0.6) is 0 Å². The maximum absolute atomic E-state index is 10.6. The molecule has 2 heterocycles. The summed E-state index contributed by atoms with van der Waals surface area (Å²) in [7, 11) is -0.450. The molecular formula is C5H9NOS. The molecular weight excluding hydrogens is 122 g/mol. The zero-order valence-corrected chi connectivity index (χ0v) is 5.46. The molecule has 2 fully saturated rings. The van der Waals surface area contributed by atoms with E-state index in [0.29, 0.717) is 5.41 Å². The monoisotopic (exact) mass is 131 g/mol. The molecule has 2 saturated heterocycles. The standard InChI is InChI=1S/C5H9NOS/c7-8-3-5(4-8)1-6-2-5/h6H,1-4H2. The van der Waals surface area contributed by atoms with E-state index in [-0.39, 0.29) is 0 Å². The van der Waals surface area contributed by atoms with Gasteiger partial charge in [0.2, 0.25) is 0 Å². The number of nitrogens with one attached hydrogen (secondary N) is 1. The van der Waals surface area contributed by atoms with E-state index >= 15 is 0 Å². The highest BCUT2D eigenvalue weighted by molar-refractivity contribution is 7.86. The summed E-state index contributed by atoms with van der Waals surface area (Å²) in [6.07, 6.45) is 0. The summed E-state index contributed by atoms with van der Waals surface area (Å²) in [4.78, 5) is 0. The third-order valence-corrected chi connectivity index (χ3v) is 3.80. The molecule has 0 aliphatic carbocycles. The Morgan fingerprint density at radius 2 is 2.00 bits per heavy atom. The lowest BCUT2D eigenvalue weighted by atomic mass is 9.85. The second-order valence-electron chi connectivity index (χ2n) is 2.83. The highest BCUT2D eigenvalue weighted by atomic mass is 32.2. The molecule has 46 valence electrons. The van der Waals surface area contributed by atoms with Crippen molar-refractivity contribution in [2.45, 2.75) is 0 Å². The van der Waals surface area contributed by atoms with E-state index in [2.05, 4.69) is 5.32 Å². The zero-order valence-electron chi connectivity index (χ0n) is 4.64. The van der Waals surface area contributed by atoms with Crippen LogP contribution in [0, 0.1) is 5.41 Å². The van der Waals surface area contributed by atoms with Crippen molar-refractivity contribution in [3.63, 3.8) is 0 Å². The van der Waals surface area contributed by atoms with Crippen LogP contribution in [-0.4, -0.2) is 28.8 Å². The lowest BCUT2D eigenvalue weighted by molar-refractivity contribution is 0.216. The topological polar surface area (TPSA) is 29.1 Å². The molecule has 0 aromatic rings. The molecule has 1 N–H and O–H groups in total. The SMILES string of the molecule is O=S1CC2(CNC2)C1. The van der Waals surface area contributed by atoms with E-state index in [4.69, 9.17) is 0 Å². The van der Waals surface area contributed by atoms with Gasteiger partial charge >= 0.3 is 0 Å². The second kappa shape index (κ2) is 1.33. The maximum atomic E-state index is 10.6. The van der Waals surface area contributed by atoms with Gasteiger partial charge in [-0.1, -0.05) is 0 Å². The molecule has 2 aliphatic rings. The Balaban J connectivity index is 2.01. The largest absolute Gasteiger partial charge is 0.315 e. The van der Waals surface area contributed by atoms with E-state index in [9.17, 15) is 4.21 Å². The van der Waals surface area contributed by atoms with Gasteiger partial charge in [0.25, 0.3) is 0 Å². The second-order valence-corrected chi connectivity index (χ2v) is 4.29. The van der Waals surface area contributed by atoms with Crippen LogP contribution in [0.15, 0.2) is 0 Å². The van der Waals surface area contributed by atoms with Crippen LogP contribution in [0.2, 0.25) is 0 Å². The highest BCUT2D eigenvalue weighted by Crippen LogP contribution is 2.33. The lowest BCUT2D eigenvalue weighted by Crippen LogP contribution is -2.65. The predicted octanol–water partition coefficient (Wildman–Crippen LogP) is -0.662. The summed E-state index contributed by atoms with van der Waals surface area (Å²) in [6.45, 7) is 2.22. The van der Waals surface area contributed by atoms with Crippen LogP contribution < -0.4 is 5.32 Å². The van der Waals surface area contributed by atoms with Crippen LogP contribution in [0.4, 0.5) is 0 Å². The summed E-state index contributed by atoms with van der Waals surface area (Å²) in [5, 5.41) is 3.19. The minimum Gasteiger partial charge on any atom is -0.315 e. The molecule has 0 radical (unpaired) electrons. The Kier molecular flexibility index (Phi) is 0.823. The number of hydrogen-bond donors (Lipinski definition) is 1. The third kappa shape index (κ3) is 0.486. The molecule has 2 rings (SSSR count). The molecule has 2 nitrogen and oxygen atoms in total. The summed E-state index contributed by atoms with van der Waals surface area (Å²) in [6, 6.07) is 0. The Hall–Kier alpha value is 0.110. The van der Waals surface area contributed by atoms with E-state index in [0.717, 1.165) is 24.6 Å². The Labute approximate surface area is 51.1 Å². The fraction of sp³-hybridized carbons (Fsp3) is 1.00. The van der Waals surface area contributed by atoms with Crippen molar-refractivity contribution in [3.8, 4) is 0 Å². The first-order valence-corrected chi connectivity index (χ1v) is 4.35. The fourth-order valence-corrected chi connectivity index (χ4v) is 3.01. The molecule has 1 spiro atoms. The smallest absolute Gasteiger partial charge is 0.0324 e. The van der Waals surface area contributed by atoms with Crippen molar-refractivity contribution in [3.05, 3.63) is 0 Å². The Morgan fingerprint density at radius 3 is 2.12 bits per heavy atom. The van der Waals surface area contributed by atoms with Gasteiger partial charge in [-0.3, -0.25) is 4.21 Å². The molecule has 0 aromatic heterocycles. The molecule has 8 heavy (non-hydrogen) atoms. The molecule has 0 amide bonds. The molecule has 2 aliphatic heterocycles. The van der Waals surface area contributed by atoms with Crippen molar-refractivity contribution in [2.24, 2.45) is 5.41 Å². The van der Waals surface area contributed by atoms with E-state index in [1.165, 1.54) is 0 Å². The minimum absolute atomic E-state index is 0.450. The lowest BCUT2D eigenvalue weighted by Gasteiger charge is -2.48. The van der Waals surface area contributed by atoms with Crippen LogP contribution in [0.25, 0.3) is 0 Å². The quantitative estimate of drug-likeness (QED) is 0.473. The van der Waals surface area contributed by atoms with Crippen LogP contribution in [0.3, 0.4) is 0 Å². The zero-order chi connectivity index (χ0) is 5.61. The van der Waals surface area contributed by atoms with Crippen molar-refractivity contribution in [1.82, 2.24) is 5.32 Å². The molecule has 0 aromatic carbocycles. The van der Waals surface area contributed by atoms with Gasteiger partial charge in [-0.05, 0) is 0 Å². The number of rotatable bonds is 0. The van der Waals surface area contributed by atoms with Gasteiger partial charge in [-0.25, -0.2) is 0 Å². The van der Waals surface area contributed by atoms with Crippen LogP contribution >= 0.6 is 0 Å². The highest BCUT2D eigenvalue weighted by Gasteiger charge is 2.47. The van der Waals surface area contributed by atoms with E-state index in [1.54, 1.807) is 0 Å². The predicted molar refractivity (Wildman–Crippen MR) is 33.2 cm³/mol. The molecule has 0 atom stereocenters. The van der Waals surface area contributed by atoms with Gasteiger partial charge in [0.15, 0.2) is 0 Å². The summed E-state index contributed by atoms with van der Waals surface area (Å²) in [5.41, 5.74) is 0.505. The van der Waals surface area contributed by atoms with Crippen molar-refractivity contribution < 1.29 is 4.21 Å². The molecule has 3 heteroatoms. The van der Waals surface area contributed by atoms with Gasteiger partial charge < -0.3 is 5.32 Å². The average molecular weight is 131 g/mol. The van der Waals surface area contributed by atoms with Crippen molar-refractivity contribution in [2.75, 3.05) is 24.6 Å². The van der Waals surface area contributed by atoms with Crippen LogP contribution in [0.1, 0.15) is 0 Å².